The number of rotatable bonds is 9. The Labute approximate surface area is 401 Å². The van der Waals surface area contributed by atoms with Crippen LogP contribution in [0.2, 0.25) is 0 Å². The largest absolute Gasteiger partial charge is 0.309 e. The number of hydrogen-bond acceptors (Lipinski definition) is 4. The Kier molecular flexibility index (Phi) is 10.6. The highest BCUT2D eigenvalue weighted by molar-refractivity contribution is 6.12. The average Bonchev–Trinajstić information content (AvgIpc) is 3.74. The molecule has 69 heavy (non-hydrogen) atoms. The van der Waals surface area contributed by atoms with Crippen LogP contribution in [-0.4, -0.2) is 24.5 Å². The van der Waals surface area contributed by atoms with Gasteiger partial charge in [-0.1, -0.05) is 199 Å². The molecule has 0 aliphatic heterocycles. The van der Waals surface area contributed by atoms with Crippen molar-refractivity contribution in [3.63, 3.8) is 0 Å². The SMILES string of the molecule is Cc1ccc(-c2ccc3c(c2)c2cc(-c4ccc(C)cc4)ccc2n3-c2ccc(-c3cc(-c4ccccc4)nc(-c4ccccc4)n3)cc2-c2cc(-c3ccccc3)nc(-c3ccccc3)n2)cc1. The first-order valence-electron chi connectivity index (χ1n) is 23.4. The normalized spacial score (nSPS) is 11.3. The number of hydrogen-bond donors (Lipinski definition) is 0. The van der Waals surface area contributed by atoms with E-state index in [2.05, 4.69) is 206 Å². The first-order chi connectivity index (χ1) is 34.0. The Morgan fingerprint density at radius 3 is 1.09 bits per heavy atom. The predicted octanol–water partition coefficient (Wildman–Crippen LogP) is 16.3. The number of aromatic nitrogens is 5. The molecule has 12 rings (SSSR count). The minimum absolute atomic E-state index is 0.649. The Balaban J connectivity index is 1.15. The number of benzene rings is 9. The molecule has 0 atom stereocenters. The van der Waals surface area contributed by atoms with E-state index in [4.69, 9.17) is 19.9 Å². The molecule has 0 spiro atoms. The summed E-state index contributed by atoms with van der Waals surface area (Å²) >= 11 is 0. The summed E-state index contributed by atoms with van der Waals surface area (Å²) in [6, 6.07) is 83.5. The van der Waals surface area contributed by atoms with Crippen LogP contribution >= 0.6 is 0 Å². The lowest BCUT2D eigenvalue weighted by molar-refractivity contribution is 1.15. The molecule has 0 aliphatic rings. The Morgan fingerprint density at radius 2 is 0.638 bits per heavy atom. The highest BCUT2D eigenvalue weighted by Crippen LogP contribution is 2.42. The van der Waals surface area contributed by atoms with Crippen LogP contribution in [0.1, 0.15) is 11.1 Å². The topological polar surface area (TPSA) is 56.5 Å². The van der Waals surface area contributed by atoms with Gasteiger partial charge in [-0.25, -0.2) is 19.9 Å². The van der Waals surface area contributed by atoms with E-state index >= 15 is 0 Å². The summed E-state index contributed by atoms with van der Waals surface area (Å²) in [5.74, 6) is 1.31. The first-order valence-corrected chi connectivity index (χ1v) is 23.4. The van der Waals surface area contributed by atoms with E-state index in [-0.39, 0.29) is 0 Å². The molecule has 9 aromatic carbocycles. The number of aryl methyl sites for hydroxylation is 2. The van der Waals surface area contributed by atoms with Crippen molar-refractivity contribution in [2.24, 2.45) is 0 Å². The van der Waals surface area contributed by atoms with Gasteiger partial charge in [0.25, 0.3) is 0 Å². The van der Waals surface area contributed by atoms with Crippen molar-refractivity contribution in [3.05, 3.63) is 248 Å². The Morgan fingerprint density at radius 1 is 0.275 bits per heavy atom. The molecule has 0 saturated carbocycles. The van der Waals surface area contributed by atoms with E-state index in [1.54, 1.807) is 0 Å². The van der Waals surface area contributed by atoms with Gasteiger partial charge in [0, 0.05) is 44.2 Å². The van der Waals surface area contributed by atoms with E-state index in [1.165, 1.54) is 44.2 Å². The zero-order valence-electron chi connectivity index (χ0n) is 38.3. The lowest BCUT2D eigenvalue weighted by Crippen LogP contribution is -2.02. The molecule has 0 bridgehead atoms. The van der Waals surface area contributed by atoms with Gasteiger partial charge in [0.15, 0.2) is 11.6 Å². The Hall–Kier alpha value is -9.06. The van der Waals surface area contributed by atoms with Crippen LogP contribution in [0.5, 0.6) is 0 Å². The molecule has 0 saturated heterocycles. The molecule has 5 heteroatoms. The molecule has 0 fully saturated rings. The van der Waals surface area contributed by atoms with Crippen molar-refractivity contribution in [3.8, 4) is 95.7 Å². The van der Waals surface area contributed by atoms with Crippen LogP contribution in [0.3, 0.4) is 0 Å². The summed E-state index contributed by atoms with van der Waals surface area (Å²) < 4.78 is 2.42. The summed E-state index contributed by atoms with van der Waals surface area (Å²) in [4.78, 5) is 21.1. The monoisotopic (exact) mass is 883 g/mol. The predicted molar refractivity (Wildman–Crippen MR) is 285 cm³/mol. The van der Waals surface area contributed by atoms with Gasteiger partial charge in [-0.3, -0.25) is 0 Å². The smallest absolute Gasteiger partial charge is 0.160 e. The molecular formula is C64H45N5. The molecule has 326 valence electrons. The minimum atomic E-state index is 0.649. The van der Waals surface area contributed by atoms with Crippen LogP contribution in [0.4, 0.5) is 0 Å². The van der Waals surface area contributed by atoms with Crippen LogP contribution < -0.4 is 0 Å². The van der Waals surface area contributed by atoms with Crippen molar-refractivity contribution in [2.75, 3.05) is 0 Å². The van der Waals surface area contributed by atoms with Gasteiger partial charge in [-0.2, -0.15) is 0 Å². The molecule has 3 aromatic heterocycles. The molecule has 5 nitrogen and oxygen atoms in total. The van der Waals surface area contributed by atoms with Gasteiger partial charge in [-0.05, 0) is 84.6 Å². The second-order valence-electron chi connectivity index (χ2n) is 17.7. The maximum absolute atomic E-state index is 5.46. The summed E-state index contributed by atoms with van der Waals surface area (Å²) in [5, 5.41) is 2.33. The van der Waals surface area contributed by atoms with Gasteiger partial charge in [0.05, 0.1) is 39.5 Å². The molecule has 0 radical (unpaired) electrons. The summed E-state index contributed by atoms with van der Waals surface area (Å²) in [6.07, 6.45) is 0. The minimum Gasteiger partial charge on any atom is -0.309 e. The summed E-state index contributed by atoms with van der Waals surface area (Å²) in [5.41, 5.74) is 19.4. The molecule has 0 aliphatic carbocycles. The van der Waals surface area contributed by atoms with Gasteiger partial charge in [0.1, 0.15) is 0 Å². The Bertz CT molecular complexity index is 3590. The lowest BCUT2D eigenvalue weighted by atomic mass is 9.99. The third kappa shape index (κ3) is 8.06. The second kappa shape index (κ2) is 17.6. The number of nitrogens with zero attached hydrogens (tertiary/aromatic N) is 5. The maximum atomic E-state index is 5.46. The van der Waals surface area contributed by atoms with Crippen molar-refractivity contribution < 1.29 is 0 Å². The molecule has 3 heterocycles. The molecule has 12 aromatic rings. The van der Waals surface area contributed by atoms with E-state index in [1.807, 2.05) is 48.5 Å². The highest BCUT2D eigenvalue weighted by Gasteiger charge is 2.22. The van der Waals surface area contributed by atoms with Gasteiger partial charge >= 0.3 is 0 Å². The summed E-state index contributed by atoms with van der Waals surface area (Å²) in [7, 11) is 0. The van der Waals surface area contributed by atoms with E-state index in [0.717, 1.165) is 72.9 Å². The van der Waals surface area contributed by atoms with Crippen LogP contribution in [0.25, 0.3) is 118 Å². The van der Waals surface area contributed by atoms with E-state index < -0.39 is 0 Å². The number of fused-ring (bicyclic) bond motifs is 3. The highest BCUT2D eigenvalue weighted by atomic mass is 15.0. The quantitative estimate of drug-likeness (QED) is 0.145. The van der Waals surface area contributed by atoms with E-state index in [9.17, 15) is 0 Å². The van der Waals surface area contributed by atoms with Crippen LogP contribution in [-0.2, 0) is 0 Å². The average molecular weight is 884 g/mol. The zero-order valence-corrected chi connectivity index (χ0v) is 38.3. The van der Waals surface area contributed by atoms with Gasteiger partial charge in [-0.15, -0.1) is 0 Å². The van der Waals surface area contributed by atoms with Gasteiger partial charge in [0.2, 0.25) is 0 Å². The second-order valence-corrected chi connectivity index (χ2v) is 17.7. The van der Waals surface area contributed by atoms with Crippen LogP contribution in [0.15, 0.2) is 237 Å². The fourth-order valence-corrected chi connectivity index (χ4v) is 9.36. The molecule has 0 amide bonds. The first kappa shape index (κ1) is 41.4. The van der Waals surface area contributed by atoms with Crippen molar-refractivity contribution in [1.29, 1.82) is 0 Å². The third-order valence-corrected chi connectivity index (χ3v) is 13.0. The fourth-order valence-electron chi connectivity index (χ4n) is 9.36. The van der Waals surface area contributed by atoms with Crippen LogP contribution in [0, 0.1) is 13.8 Å². The van der Waals surface area contributed by atoms with Crippen molar-refractivity contribution >= 4 is 21.8 Å². The van der Waals surface area contributed by atoms with Crippen molar-refractivity contribution in [1.82, 2.24) is 24.5 Å². The molecular weight excluding hydrogens is 839 g/mol. The zero-order chi connectivity index (χ0) is 46.3. The molecule has 0 N–H and O–H groups in total. The molecule has 0 unspecified atom stereocenters. The fraction of sp³-hybridized carbons (Fsp3) is 0.0312. The lowest BCUT2D eigenvalue weighted by Gasteiger charge is -2.17. The van der Waals surface area contributed by atoms with Gasteiger partial charge < -0.3 is 4.57 Å². The van der Waals surface area contributed by atoms with Crippen molar-refractivity contribution in [2.45, 2.75) is 13.8 Å². The van der Waals surface area contributed by atoms with E-state index in [0.29, 0.717) is 11.6 Å². The maximum Gasteiger partial charge on any atom is 0.160 e. The summed E-state index contributed by atoms with van der Waals surface area (Å²) in [6.45, 7) is 4.27. The third-order valence-electron chi connectivity index (χ3n) is 13.0. The standard InChI is InChI=1S/C64H45N5/c1-42-23-27-44(28-24-42)50-31-34-60-53(37-50)54-38-51(45-29-25-43(2)26-30-45)32-35-61(54)69(60)62-36-33-52(58-40-56(46-15-7-3-8-16-46)65-63(67-58)48-19-11-5-12-20-48)39-55(62)59-41-57(47-17-9-4-10-18-47)66-64(68-59)49-21-13-6-14-22-49/h3-41H,1-2H3.